The van der Waals surface area contributed by atoms with Crippen LogP contribution in [0, 0.1) is 0 Å². The average Bonchev–Trinajstić information content (AvgIpc) is 2.73. The molecule has 0 saturated carbocycles. The summed E-state index contributed by atoms with van der Waals surface area (Å²) < 4.78 is 10.6. The van der Waals surface area contributed by atoms with E-state index >= 15 is 0 Å². The molecule has 0 bridgehead atoms. The molecule has 0 N–H and O–H groups in total. The minimum absolute atomic E-state index is 0.156. The van der Waals surface area contributed by atoms with Gasteiger partial charge in [0.2, 0.25) is 5.91 Å². The van der Waals surface area contributed by atoms with Gasteiger partial charge in [-0.15, -0.1) is 0 Å². The lowest BCUT2D eigenvalue weighted by molar-refractivity contribution is -0.130. The van der Waals surface area contributed by atoms with Crippen LogP contribution in [0.25, 0.3) is 0 Å². The summed E-state index contributed by atoms with van der Waals surface area (Å²) in [6.45, 7) is 4.07. The zero-order chi connectivity index (χ0) is 19.1. The van der Waals surface area contributed by atoms with E-state index in [0.29, 0.717) is 13.0 Å². The van der Waals surface area contributed by atoms with Crippen LogP contribution in [0.2, 0.25) is 0 Å². The second kappa shape index (κ2) is 9.42. The molecule has 1 aliphatic heterocycles. The van der Waals surface area contributed by atoms with Crippen molar-refractivity contribution in [3.05, 3.63) is 59.7 Å². The number of hydrogen-bond donors (Lipinski definition) is 0. The topological polar surface area (TPSA) is 42.0 Å². The SMILES string of the molecule is COc1ccc(CCC(=O)N(C)Cc2ccc(N3CCOCC3)cc2)cc1. The molecule has 3 rings (SSSR count). The van der Waals surface area contributed by atoms with E-state index in [1.54, 1.807) is 12.0 Å². The van der Waals surface area contributed by atoms with Gasteiger partial charge in [-0.1, -0.05) is 24.3 Å². The zero-order valence-electron chi connectivity index (χ0n) is 16.2. The molecule has 2 aromatic rings. The summed E-state index contributed by atoms with van der Waals surface area (Å²) >= 11 is 0. The highest BCUT2D eigenvalue weighted by atomic mass is 16.5. The number of morpholine rings is 1. The molecule has 1 aliphatic rings. The highest BCUT2D eigenvalue weighted by Gasteiger charge is 2.12. The number of carbonyl (C=O) groups excluding carboxylic acids is 1. The molecule has 5 nitrogen and oxygen atoms in total. The summed E-state index contributed by atoms with van der Waals surface area (Å²) in [5.41, 5.74) is 3.51. The summed E-state index contributed by atoms with van der Waals surface area (Å²) in [6, 6.07) is 16.4. The molecule has 0 atom stereocenters. The molecule has 0 aliphatic carbocycles. The smallest absolute Gasteiger partial charge is 0.222 e. The largest absolute Gasteiger partial charge is 0.497 e. The number of benzene rings is 2. The number of amides is 1. The van der Waals surface area contributed by atoms with E-state index < -0.39 is 0 Å². The zero-order valence-corrected chi connectivity index (χ0v) is 16.2. The number of hydrogen-bond acceptors (Lipinski definition) is 4. The van der Waals surface area contributed by atoms with Crippen molar-refractivity contribution >= 4 is 11.6 Å². The van der Waals surface area contributed by atoms with Gasteiger partial charge < -0.3 is 19.3 Å². The van der Waals surface area contributed by atoms with Crippen molar-refractivity contribution in [2.24, 2.45) is 0 Å². The maximum Gasteiger partial charge on any atom is 0.222 e. The van der Waals surface area contributed by atoms with E-state index in [0.717, 1.165) is 49.6 Å². The first-order chi connectivity index (χ1) is 13.2. The summed E-state index contributed by atoms with van der Waals surface area (Å²) in [5, 5.41) is 0. The Bertz CT molecular complexity index is 722. The standard InChI is InChI=1S/C22H28N2O3/c1-23(22(25)12-7-18-5-10-21(26-2)11-6-18)17-19-3-8-20(9-4-19)24-13-15-27-16-14-24/h3-6,8-11H,7,12-17H2,1-2H3. The minimum atomic E-state index is 0.156. The molecule has 1 saturated heterocycles. The van der Waals surface area contributed by atoms with Gasteiger partial charge in [-0.3, -0.25) is 4.79 Å². The van der Waals surface area contributed by atoms with Crippen LogP contribution in [0.4, 0.5) is 5.69 Å². The quantitative estimate of drug-likeness (QED) is 0.753. The number of rotatable bonds is 7. The summed E-state index contributed by atoms with van der Waals surface area (Å²) in [6.07, 6.45) is 1.25. The number of nitrogens with zero attached hydrogens (tertiary/aromatic N) is 2. The number of anilines is 1. The number of carbonyl (C=O) groups is 1. The molecule has 144 valence electrons. The third-order valence-electron chi connectivity index (χ3n) is 4.94. The van der Waals surface area contributed by atoms with E-state index in [1.807, 2.05) is 31.3 Å². The molecule has 27 heavy (non-hydrogen) atoms. The van der Waals surface area contributed by atoms with Crippen LogP contribution < -0.4 is 9.64 Å². The highest BCUT2D eigenvalue weighted by molar-refractivity contribution is 5.76. The van der Waals surface area contributed by atoms with Crippen LogP contribution in [0.15, 0.2) is 48.5 Å². The molecule has 0 unspecified atom stereocenters. The van der Waals surface area contributed by atoms with Gasteiger partial charge in [-0.25, -0.2) is 0 Å². The van der Waals surface area contributed by atoms with Crippen molar-refractivity contribution in [2.45, 2.75) is 19.4 Å². The van der Waals surface area contributed by atoms with Gasteiger partial charge >= 0.3 is 0 Å². The lowest BCUT2D eigenvalue weighted by Gasteiger charge is -2.29. The van der Waals surface area contributed by atoms with Gasteiger partial charge in [-0.05, 0) is 41.8 Å². The van der Waals surface area contributed by atoms with Gasteiger partial charge in [0, 0.05) is 38.8 Å². The van der Waals surface area contributed by atoms with Gasteiger partial charge in [0.15, 0.2) is 0 Å². The Morgan fingerprint density at radius 3 is 2.30 bits per heavy atom. The summed E-state index contributed by atoms with van der Waals surface area (Å²) in [5.74, 6) is 0.991. The third kappa shape index (κ3) is 5.47. The van der Waals surface area contributed by atoms with Crippen LogP contribution in [-0.4, -0.2) is 51.3 Å². The fraction of sp³-hybridized carbons (Fsp3) is 0.409. The van der Waals surface area contributed by atoms with Crippen molar-refractivity contribution in [3.63, 3.8) is 0 Å². The van der Waals surface area contributed by atoms with Gasteiger partial charge in [0.05, 0.1) is 20.3 Å². The van der Waals surface area contributed by atoms with Crippen molar-refractivity contribution in [2.75, 3.05) is 45.4 Å². The van der Waals surface area contributed by atoms with Crippen LogP contribution in [0.1, 0.15) is 17.5 Å². The third-order valence-corrected chi connectivity index (χ3v) is 4.94. The van der Waals surface area contributed by atoms with E-state index in [4.69, 9.17) is 9.47 Å². The molecule has 0 aromatic heterocycles. The van der Waals surface area contributed by atoms with Crippen LogP contribution in [-0.2, 0) is 22.5 Å². The fourth-order valence-corrected chi connectivity index (χ4v) is 3.23. The van der Waals surface area contributed by atoms with Crippen LogP contribution >= 0.6 is 0 Å². The fourth-order valence-electron chi connectivity index (χ4n) is 3.23. The predicted molar refractivity (Wildman–Crippen MR) is 107 cm³/mol. The lowest BCUT2D eigenvalue weighted by atomic mass is 10.1. The molecule has 0 radical (unpaired) electrons. The molecular weight excluding hydrogens is 340 g/mol. The van der Waals surface area contributed by atoms with Crippen LogP contribution in [0.5, 0.6) is 5.75 Å². The highest BCUT2D eigenvalue weighted by Crippen LogP contribution is 2.18. The number of methoxy groups -OCH3 is 1. The first-order valence-corrected chi connectivity index (χ1v) is 9.44. The predicted octanol–water partition coefficient (Wildman–Crippen LogP) is 3.12. The molecule has 2 aromatic carbocycles. The maximum absolute atomic E-state index is 12.4. The molecule has 1 amide bonds. The van der Waals surface area contributed by atoms with E-state index in [1.165, 1.54) is 5.69 Å². The summed E-state index contributed by atoms with van der Waals surface area (Å²) in [7, 11) is 3.52. The Kier molecular flexibility index (Phi) is 6.71. The first-order valence-electron chi connectivity index (χ1n) is 9.44. The average molecular weight is 368 g/mol. The Hall–Kier alpha value is -2.53. The Balaban J connectivity index is 1.48. The minimum Gasteiger partial charge on any atom is -0.497 e. The van der Waals surface area contributed by atoms with E-state index in [2.05, 4.69) is 29.2 Å². The molecular formula is C22H28N2O3. The van der Waals surface area contributed by atoms with E-state index in [9.17, 15) is 4.79 Å². The summed E-state index contributed by atoms with van der Waals surface area (Å²) in [4.78, 5) is 16.6. The second-order valence-electron chi connectivity index (χ2n) is 6.86. The van der Waals surface area contributed by atoms with Crippen molar-refractivity contribution < 1.29 is 14.3 Å². The molecule has 5 heteroatoms. The first kappa shape index (κ1) is 19.2. The van der Waals surface area contributed by atoms with Crippen LogP contribution in [0.3, 0.4) is 0 Å². The Labute approximate surface area is 161 Å². The monoisotopic (exact) mass is 368 g/mol. The number of ether oxygens (including phenoxy) is 2. The van der Waals surface area contributed by atoms with Gasteiger partial charge in [0.1, 0.15) is 5.75 Å². The van der Waals surface area contributed by atoms with Gasteiger partial charge in [-0.2, -0.15) is 0 Å². The molecule has 1 fully saturated rings. The number of aryl methyl sites for hydroxylation is 1. The maximum atomic E-state index is 12.4. The van der Waals surface area contributed by atoms with Crippen molar-refractivity contribution in [1.82, 2.24) is 4.90 Å². The normalized spacial score (nSPS) is 14.1. The van der Waals surface area contributed by atoms with Crippen molar-refractivity contribution in [3.8, 4) is 5.75 Å². The molecule has 1 heterocycles. The molecule has 0 spiro atoms. The second-order valence-corrected chi connectivity index (χ2v) is 6.86. The Morgan fingerprint density at radius 1 is 1.04 bits per heavy atom. The Morgan fingerprint density at radius 2 is 1.67 bits per heavy atom. The lowest BCUT2D eigenvalue weighted by Crippen LogP contribution is -2.36. The van der Waals surface area contributed by atoms with E-state index in [-0.39, 0.29) is 5.91 Å². The van der Waals surface area contributed by atoms with Gasteiger partial charge in [0.25, 0.3) is 0 Å². The van der Waals surface area contributed by atoms with Crippen molar-refractivity contribution in [1.29, 1.82) is 0 Å².